The molecule has 0 bridgehead atoms. The van der Waals surface area contributed by atoms with Crippen molar-refractivity contribution in [2.45, 2.75) is 52.0 Å². The molecule has 0 aromatic heterocycles. The van der Waals surface area contributed by atoms with Crippen molar-refractivity contribution in [2.75, 3.05) is 18.4 Å². The van der Waals surface area contributed by atoms with Crippen molar-refractivity contribution in [2.24, 2.45) is 5.92 Å². The molecule has 0 aliphatic carbocycles. The van der Waals surface area contributed by atoms with Crippen molar-refractivity contribution >= 4 is 11.6 Å². The molecular formula is C30H36N2O. The molecule has 1 N–H and O–H groups in total. The Hall–Kier alpha value is -2.91. The summed E-state index contributed by atoms with van der Waals surface area (Å²) < 4.78 is 0. The molecule has 1 saturated heterocycles. The molecule has 3 nitrogen and oxygen atoms in total. The highest BCUT2D eigenvalue weighted by molar-refractivity contribution is 6.04. The summed E-state index contributed by atoms with van der Waals surface area (Å²) in [5.74, 6) is 0.736. The molecule has 172 valence electrons. The van der Waals surface area contributed by atoms with Gasteiger partial charge in [-0.2, -0.15) is 0 Å². The number of nitrogens with zero attached hydrogens (tertiary/aromatic N) is 1. The Morgan fingerprint density at radius 2 is 1.52 bits per heavy atom. The summed E-state index contributed by atoms with van der Waals surface area (Å²) in [7, 11) is 0. The number of benzene rings is 3. The lowest BCUT2D eigenvalue weighted by Gasteiger charge is -2.32. The zero-order valence-electron chi connectivity index (χ0n) is 19.8. The van der Waals surface area contributed by atoms with Crippen LogP contribution in [0, 0.1) is 5.92 Å². The molecule has 4 rings (SSSR count). The van der Waals surface area contributed by atoms with Gasteiger partial charge in [-0.1, -0.05) is 67.9 Å². The van der Waals surface area contributed by atoms with Crippen molar-refractivity contribution in [3.05, 3.63) is 101 Å². The summed E-state index contributed by atoms with van der Waals surface area (Å²) in [6, 6.07) is 27.2. The van der Waals surface area contributed by atoms with Gasteiger partial charge in [0.2, 0.25) is 0 Å². The van der Waals surface area contributed by atoms with Gasteiger partial charge in [-0.05, 0) is 92.1 Å². The number of nitrogens with one attached hydrogen (secondary N) is 1. The van der Waals surface area contributed by atoms with Crippen LogP contribution >= 0.6 is 0 Å². The molecule has 1 fully saturated rings. The summed E-state index contributed by atoms with van der Waals surface area (Å²) >= 11 is 0. The van der Waals surface area contributed by atoms with E-state index < -0.39 is 0 Å². The molecule has 33 heavy (non-hydrogen) atoms. The highest BCUT2D eigenvalue weighted by Crippen LogP contribution is 2.23. The summed E-state index contributed by atoms with van der Waals surface area (Å²) in [5.41, 5.74) is 5.60. The highest BCUT2D eigenvalue weighted by atomic mass is 16.1. The lowest BCUT2D eigenvalue weighted by Crippen LogP contribution is -2.33. The third kappa shape index (κ3) is 7.03. The van der Waals surface area contributed by atoms with E-state index in [9.17, 15) is 4.79 Å². The molecule has 3 aromatic carbocycles. The van der Waals surface area contributed by atoms with Crippen molar-refractivity contribution in [3.8, 4) is 0 Å². The minimum atomic E-state index is -0.0513. The van der Waals surface area contributed by atoms with E-state index in [0.717, 1.165) is 37.7 Å². The molecule has 3 aromatic rings. The molecule has 0 unspecified atom stereocenters. The van der Waals surface area contributed by atoms with Crippen LogP contribution < -0.4 is 5.32 Å². The lowest BCUT2D eigenvalue weighted by molar-refractivity contribution is 0.102. The van der Waals surface area contributed by atoms with Crippen molar-refractivity contribution in [3.63, 3.8) is 0 Å². The molecule has 0 radical (unpaired) electrons. The Bertz CT molecular complexity index is 988. The van der Waals surface area contributed by atoms with Gasteiger partial charge in [-0.15, -0.1) is 0 Å². The topological polar surface area (TPSA) is 32.3 Å². The predicted octanol–water partition coefficient (Wildman–Crippen LogP) is 6.74. The van der Waals surface area contributed by atoms with Gasteiger partial charge in [-0.3, -0.25) is 9.69 Å². The number of carbonyl (C=O) groups is 1. The van der Waals surface area contributed by atoms with E-state index in [1.807, 2.05) is 24.3 Å². The van der Waals surface area contributed by atoms with Gasteiger partial charge in [0.1, 0.15) is 0 Å². The van der Waals surface area contributed by atoms with Gasteiger partial charge < -0.3 is 5.32 Å². The van der Waals surface area contributed by atoms with E-state index >= 15 is 0 Å². The first-order chi connectivity index (χ1) is 16.2. The maximum atomic E-state index is 12.6. The molecule has 0 saturated carbocycles. The first-order valence-corrected chi connectivity index (χ1v) is 12.4. The van der Waals surface area contributed by atoms with Crippen LogP contribution in [0.15, 0.2) is 78.9 Å². The zero-order valence-corrected chi connectivity index (χ0v) is 19.8. The maximum absolute atomic E-state index is 12.6. The van der Waals surface area contributed by atoms with Crippen LogP contribution in [0.4, 0.5) is 5.69 Å². The molecule has 0 spiro atoms. The number of anilines is 1. The third-order valence-electron chi connectivity index (χ3n) is 6.73. The van der Waals surface area contributed by atoms with Crippen LogP contribution in [0.1, 0.15) is 59.7 Å². The normalized spacial score (nSPS) is 14.8. The Labute approximate surface area is 198 Å². The van der Waals surface area contributed by atoms with Crippen LogP contribution in [0.5, 0.6) is 0 Å². The fourth-order valence-corrected chi connectivity index (χ4v) is 4.65. The van der Waals surface area contributed by atoms with Gasteiger partial charge in [0.25, 0.3) is 5.91 Å². The first-order valence-electron chi connectivity index (χ1n) is 12.4. The SMILES string of the molecule is CCCCc1ccc(NC(=O)c2ccc(CN3CCC(Cc4ccccc4)CC3)cc2)cc1. The molecular weight excluding hydrogens is 404 g/mol. The van der Waals surface area contributed by atoms with Crippen LogP contribution in [-0.4, -0.2) is 23.9 Å². The summed E-state index contributed by atoms with van der Waals surface area (Å²) in [6.07, 6.45) is 7.20. The summed E-state index contributed by atoms with van der Waals surface area (Å²) in [5, 5.41) is 3.02. The average molecular weight is 441 g/mol. The smallest absolute Gasteiger partial charge is 0.255 e. The minimum absolute atomic E-state index is 0.0513. The van der Waals surface area contributed by atoms with Crippen LogP contribution in [0.25, 0.3) is 0 Å². The van der Waals surface area contributed by atoms with Crippen molar-refractivity contribution < 1.29 is 4.79 Å². The second-order valence-corrected chi connectivity index (χ2v) is 9.36. The Morgan fingerprint density at radius 1 is 0.848 bits per heavy atom. The number of hydrogen-bond donors (Lipinski definition) is 1. The largest absolute Gasteiger partial charge is 0.322 e. The predicted molar refractivity (Wildman–Crippen MR) is 138 cm³/mol. The average Bonchev–Trinajstić information content (AvgIpc) is 2.86. The van der Waals surface area contributed by atoms with Gasteiger partial charge in [-0.25, -0.2) is 0 Å². The van der Waals surface area contributed by atoms with Crippen LogP contribution in [-0.2, 0) is 19.4 Å². The number of likely N-dealkylation sites (tertiary alicyclic amines) is 1. The molecule has 1 aliphatic rings. The van der Waals surface area contributed by atoms with Crippen LogP contribution in [0.3, 0.4) is 0 Å². The van der Waals surface area contributed by atoms with E-state index in [2.05, 4.69) is 71.7 Å². The summed E-state index contributed by atoms with van der Waals surface area (Å²) in [4.78, 5) is 15.2. The number of piperidine rings is 1. The maximum Gasteiger partial charge on any atom is 0.255 e. The number of aryl methyl sites for hydroxylation is 1. The standard InChI is InChI=1S/C30H36N2O/c1-2-3-7-24-12-16-29(17-13-24)31-30(33)28-14-10-27(11-15-28)23-32-20-18-26(19-21-32)22-25-8-5-4-6-9-25/h4-6,8-17,26H,2-3,7,18-23H2,1H3,(H,31,33). The van der Waals surface area contributed by atoms with Gasteiger partial charge in [0.05, 0.1) is 0 Å². The van der Waals surface area contributed by atoms with E-state index in [4.69, 9.17) is 0 Å². The monoisotopic (exact) mass is 440 g/mol. The van der Waals surface area contributed by atoms with E-state index in [-0.39, 0.29) is 5.91 Å². The minimum Gasteiger partial charge on any atom is -0.322 e. The van der Waals surface area contributed by atoms with Gasteiger partial charge in [0.15, 0.2) is 0 Å². The Morgan fingerprint density at radius 3 is 2.18 bits per heavy atom. The number of hydrogen-bond acceptors (Lipinski definition) is 2. The van der Waals surface area contributed by atoms with E-state index in [1.54, 1.807) is 0 Å². The summed E-state index contributed by atoms with van der Waals surface area (Å²) in [6.45, 7) is 5.45. The number of carbonyl (C=O) groups excluding carboxylic acids is 1. The number of rotatable bonds is 9. The van der Waals surface area contributed by atoms with Crippen molar-refractivity contribution in [1.29, 1.82) is 0 Å². The molecule has 1 heterocycles. The highest BCUT2D eigenvalue weighted by Gasteiger charge is 2.19. The van der Waals surface area contributed by atoms with E-state index in [1.165, 1.54) is 48.8 Å². The Kier molecular flexibility index (Phi) is 8.32. The third-order valence-corrected chi connectivity index (χ3v) is 6.73. The number of amides is 1. The van der Waals surface area contributed by atoms with Crippen LogP contribution in [0.2, 0.25) is 0 Å². The fraction of sp³-hybridized carbons (Fsp3) is 0.367. The van der Waals surface area contributed by atoms with E-state index in [0.29, 0.717) is 5.56 Å². The van der Waals surface area contributed by atoms with Crippen molar-refractivity contribution in [1.82, 2.24) is 4.90 Å². The fourth-order valence-electron chi connectivity index (χ4n) is 4.65. The molecule has 3 heteroatoms. The number of unbranched alkanes of at least 4 members (excludes halogenated alkanes) is 1. The second-order valence-electron chi connectivity index (χ2n) is 9.36. The molecule has 1 amide bonds. The molecule has 1 aliphatic heterocycles. The second kappa shape index (κ2) is 11.8. The van der Waals surface area contributed by atoms with Gasteiger partial charge >= 0.3 is 0 Å². The Balaban J connectivity index is 1.23. The molecule has 0 atom stereocenters. The van der Waals surface area contributed by atoms with Gasteiger partial charge in [0, 0.05) is 17.8 Å². The first kappa shape index (κ1) is 23.3. The lowest BCUT2D eigenvalue weighted by atomic mass is 9.90. The zero-order chi connectivity index (χ0) is 22.9. The quantitative estimate of drug-likeness (QED) is 0.400.